The summed E-state index contributed by atoms with van der Waals surface area (Å²) >= 11 is 0. The van der Waals surface area contributed by atoms with Crippen LogP contribution in [0.15, 0.2) is 66.7 Å². The van der Waals surface area contributed by atoms with E-state index in [1.54, 1.807) is 60.7 Å². The molecule has 1 amide bonds. The van der Waals surface area contributed by atoms with Gasteiger partial charge in [0, 0.05) is 23.4 Å². The van der Waals surface area contributed by atoms with Gasteiger partial charge in [-0.3, -0.25) is 9.59 Å². The number of carbonyl (C=O) groups excluding carboxylic acids is 1. The highest BCUT2D eigenvalue weighted by atomic mass is 19.1. The normalized spacial score (nSPS) is 10.5. The van der Waals surface area contributed by atoms with Gasteiger partial charge >= 0.3 is 5.97 Å². The number of halogens is 1. The van der Waals surface area contributed by atoms with E-state index in [2.05, 4.69) is 5.32 Å². The lowest BCUT2D eigenvalue weighted by Gasteiger charge is -2.11. The maximum atomic E-state index is 14.2. The smallest absolute Gasteiger partial charge is 0.307 e. The Morgan fingerprint density at radius 1 is 1.00 bits per heavy atom. The Balaban J connectivity index is 1.89. The number of amides is 1. The number of hydrogen-bond donors (Lipinski definition) is 3. The fourth-order valence-electron chi connectivity index (χ4n) is 2.90. The Bertz CT molecular complexity index is 1030. The van der Waals surface area contributed by atoms with Crippen molar-refractivity contribution in [3.05, 3.63) is 89.2 Å². The van der Waals surface area contributed by atoms with Gasteiger partial charge in [-0.1, -0.05) is 36.4 Å². The molecule has 3 aromatic rings. The first kappa shape index (κ1) is 19.3. The number of para-hydroxylation sites is 1. The van der Waals surface area contributed by atoms with Crippen LogP contribution in [0.3, 0.4) is 0 Å². The minimum atomic E-state index is -0.987. The zero-order valence-corrected chi connectivity index (χ0v) is 15.0. The molecule has 28 heavy (non-hydrogen) atoms. The van der Waals surface area contributed by atoms with Crippen LogP contribution >= 0.6 is 0 Å². The average molecular weight is 378 g/mol. The van der Waals surface area contributed by atoms with Crippen molar-refractivity contribution in [3.63, 3.8) is 0 Å². The molecule has 0 radical (unpaired) electrons. The number of hydrogen-bond acceptors (Lipinski definition) is 3. The zero-order valence-electron chi connectivity index (χ0n) is 15.0. The van der Waals surface area contributed by atoms with E-state index in [9.17, 15) is 14.0 Å². The van der Waals surface area contributed by atoms with Crippen molar-refractivity contribution in [2.24, 2.45) is 5.73 Å². The first-order valence-corrected chi connectivity index (χ1v) is 8.68. The molecule has 3 aromatic carbocycles. The van der Waals surface area contributed by atoms with Gasteiger partial charge in [0.05, 0.1) is 6.42 Å². The third-order valence-electron chi connectivity index (χ3n) is 4.31. The predicted octanol–water partition coefficient (Wildman–Crippen LogP) is 3.83. The Hall–Kier alpha value is -3.51. The minimum Gasteiger partial charge on any atom is -0.481 e. The molecule has 0 aliphatic rings. The molecule has 0 saturated heterocycles. The Morgan fingerprint density at radius 2 is 1.79 bits per heavy atom. The molecule has 4 N–H and O–H groups in total. The molecule has 5 nitrogen and oxygen atoms in total. The quantitative estimate of drug-likeness (QED) is 0.608. The summed E-state index contributed by atoms with van der Waals surface area (Å²) in [4.78, 5) is 23.7. The molecule has 6 heteroatoms. The maximum Gasteiger partial charge on any atom is 0.307 e. The fraction of sp³-hybridized carbons (Fsp3) is 0.0909. The number of nitrogens with two attached hydrogens (primary N) is 1. The molecule has 0 heterocycles. The molecular weight excluding hydrogens is 359 g/mol. The second-order valence-corrected chi connectivity index (χ2v) is 6.28. The average Bonchev–Trinajstić information content (AvgIpc) is 2.69. The SMILES string of the molecule is NCc1ccc(F)c(-c2cccc(C(=O)Nc3ccccc3CC(=O)O)c2)c1. The molecular formula is C22H19FN2O3. The van der Waals surface area contributed by atoms with Gasteiger partial charge in [0.15, 0.2) is 0 Å². The molecule has 3 rings (SSSR count). The van der Waals surface area contributed by atoms with Crippen LogP contribution in [0, 0.1) is 5.82 Å². The number of aliphatic carboxylic acids is 1. The van der Waals surface area contributed by atoms with Crippen LogP contribution in [0.4, 0.5) is 10.1 Å². The minimum absolute atomic E-state index is 0.201. The van der Waals surface area contributed by atoms with E-state index in [-0.39, 0.29) is 13.0 Å². The van der Waals surface area contributed by atoms with Gasteiger partial charge in [-0.25, -0.2) is 4.39 Å². The number of carboxylic acid groups (broad SMARTS) is 1. The third-order valence-corrected chi connectivity index (χ3v) is 4.31. The summed E-state index contributed by atoms with van der Waals surface area (Å²) in [5.41, 5.74) is 8.60. The molecule has 0 unspecified atom stereocenters. The summed E-state index contributed by atoms with van der Waals surface area (Å²) < 4.78 is 14.2. The van der Waals surface area contributed by atoms with Crippen molar-refractivity contribution in [1.82, 2.24) is 0 Å². The monoisotopic (exact) mass is 378 g/mol. The number of anilines is 1. The fourth-order valence-corrected chi connectivity index (χ4v) is 2.90. The highest BCUT2D eigenvalue weighted by Crippen LogP contribution is 2.25. The molecule has 0 fully saturated rings. The lowest BCUT2D eigenvalue weighted by Crippen LogP contribution is -2.14. The lowest BCUT2D eigenvalue weighted by atomic mass is 10.00. The molecule has 0 aliphatic carbocycles. The van der Waals surface area contributed by atoms with Crippen molar-refractivity contribution in [3.8, 4) is 11.1 Å². The second kappa shape index (κ2) is 8.45. The van der Waals surface area contributed by atoms with Gasteiger partial charge in [-0.15, -0.1) is 0 Å². The van der Waals surface area contributed by atoms with Crippen LogP contribution in [0.5, 0.6) is 0 Å². The Kier molecular flexibility index (Phi) is 5.81. The Labute approximate surface area is 161 Å². The second-order valence-electron chi connectivity index (χ2n) is 6.28. The van der Waals surface area contributed by atoms with Gasteiger partial charge in [0.2, 0.25) is 0 Å². The summed E-state index contributed by atoms with van der Waals surface area (Å²) in [7, 11) is 0. The number of nitrogens with one attached hydrogen (secondary N) is 1. The van der Waals surface area contributed by atoms with Crippen LogP contribution in [-0.2, 0) is 17.8 Å². The predicted molar refractivity (Wildman–Crippen MR) is 105 cm³/mol. The highest BCUT2D eigenvalue weighted by Gasteiger charge is 2.13. The Morgan fingerprint density at radius 3 is 2.54 bits per heavy atom. The summed E-state index contributed by atoms with van der Waals surface area (Å²) in [6, 6.07) is 17.9. The van der Waals surface area contributed by atoms with Crippen LogP contribution in [0.1, 0.15) is 21.5 Å². The van der Waals surface area contributed by atoms with Gasteiger partial charge in [0.1, 0.15) is 5.82 Å². The number of carboxylic acids is 1. The van der Waals surface area contributed by atoms with Crippen LogP contribution in [0.25, 0.3) is 11.1 Å². The lowest BCUT2D eigenvalue weighted by molar-refractivity contribution is -0.136. The summed E-state index contributed by atoms with van der Waals surface area (Å²) in [5.74, 6) is -1.80. The maximum absolute atomic E-state index is 14.2. The number of carbonyl (C=O) groups is 2. The van der Waals surface area contributed by atoms with E-state index in [0.29, 0.717) is 27.9 Å². The molecule has 0 atom stereocenters. The highest BCUT2D eigenvalue weighted by molar-refractivity contribution is 6.05. The standard InChI is InChI=1S/C22H19FN2O3/c23-19-9-8-14(13-24)10-18(19)15-5-3-6-17(11-15)22(28)25-20-7-2-1-4-16(20)12-21(26)27/h1-11H,12-13,24H2,(H,25,28)(H,26,27). The summed E-state index contributed by atoms with van der Waals surface area (Å²) in [5, 5.41) is 11.7. The van der Waals surface area contributed by atoms with Crippen molar-refractivity contribution in [1.29, 1.82) is 0 Å². The van der Waals surface area contributed by atoms with Gasteiger partial charge in [-0.05, 0) is 47.0 Å². The molecule has 0 aliphatic heterocycles. The van der Waals surface area contributed by atoms with Crippen molar-refractivity contribution >= 4 is 17.6 Å². The van der Waals surface area contributed by atoms with E-state index in [1.165, 1.54) is 6.07 Å². The third kappa shape index (κ3) is 4.42. The van der Waals surface area contributed by atoms with Gasteiger partial charge in [0.25, 0.3) is 5.91 Å². The molecule has 0 saturated carbocycles. The van der Waals surface area contributed by atoms with Crippen molar-refractivity contribution < 1.29 is 19.1 Å². The van der Waals surface area contributed by atoms with Crippen LogP contribution in [0.2, 0.25) is 0 Å². The summed E-state index contributed by atoms with van der Waals surface area (Å²) in [6.07, 6.45) is -0.201. The first-order valence-electron chi connectivity index (χ1n) is 8.68. The van der Waals surface area contributed by atoms with E-state index < -0.39 is 17.7 Å². The van der Waals surface area contributed by atoms with Crippen LogP contribution < -0.4 is 11.1 Å². The molecule has 0 bridgehead atoms. The molecule has 0 aromatic heterocycles. The first-order chi connectivity index (χ1) is 13.5. The van der Waals surface area contributed by atoms with Crippen molar-refractivity contribution in [2.75, 3.05) is 5.32 Å². The topological polar surface area (TPSA) is 92.4 Å². The van der Waals surface area contributed by atoms with E-state index >= 15 is 0 Å². The summed E-state index contributed by atoms with van der Waals surface area (Å²) in [6.45, 7) is 0.286. The van der Waals surface area contributed by atoms with E-state index in [1.807, 2.05) is 0 Å². The number of rotatable bonds is 6. The van der Waals surface area contributed by atoms with Crippen molar-refractivity contribution in [2.45, 2.75) is 13.0 Å². The van der Waals surface area contributed by atoms with Crippen LogP contribution in [-0.4, -0.2) is 17.0 Å². The zero-order chi connectivity index (χ0) is 20.1. The van der Waals surface area contributed by atoms with Gasteiger partial charge in [-0.2, -0.15) is 0 Å². The number of benzene rings is 3. The van der Waals surface area contributed by atoms with E-state index in [0.717, 1.165) is 5.56 Å². The molecule has 0 spiro atoms. The largest absolute Gasteiger partial charge is 0.481 e. The van der Waals surface area contributed by atoms with Gasteiger partial charge < -0.3 is 16.2 Å². The molecule has 142 valence electrons. The van der Waals surface area contributed by atoms with E-state index in [4.69, 9.17) is 10.8 Å².